The van der Waals surface area contributed by atoms with Crippen LogP contribution < -0.4 is 5.32 Å². The van der Waals surface area contributed by atoms with E-state index in [4.69, 9.17) is 0 Å². The Morgan fingerprint density at radius 1 is 1.37 bits per heavy atom. The summed E-state index contributed by atoms with van der Waals surface area (Å²) in [5, 5.41) is 12.9. The van der Waals surface area contributed by atoms with E-state index in [-0.39, 0.29) is 18.1 Å². The average molecular weight is 297 g/mol. The Morgan fingerprint density at radius 3 is 3.00 bits per heavy atom. The second kappa shape index (κ2) is 5.85. The van der Waals surface area contributed by atoms with Crippen LogP contribution >= 0.6 is 23.1 Å². The van der Waals surface area contributed by atoms with Crippen LogP contribution in [0.15, 0.2) is 6.07 Å². The van der Waals surface area contributed by atoms with Gasteiger partial charge >= 0.3 is 0 Å². The molecule has 2 unspecified atom stereocenters. The number of fused-ring (bicyclic) bond motifs is 1. The smallest absolute Gasteiger partial charge is 0.261 e. The van der Waals surface area contributed by atoms with E-state index in [0.717, 1.165) is 48.5 Å². The molecule has 19 heavy (non-hydrogen) atoms. The van der Waals surface area contributed by atoms with Gasteiger partial charge in [0.05, 0.1) is 17.0 Å². The molecule has 5 heteroatoms. The zero-order chi connectivity index (χ0) is 13.2. The highest BCUT2D eigenvalue weighted by Crippen LogP contribution is 2.31. The highest BCUT2D eigenvalue weighted by atomic mass is 32.2. The quantitative estimate of drug-likeness (QED) is 0.882. The maximum atomic E-state index is 12.3. The molecular formula is C14H19NO2S2. The molecule has 2 aliphatic rings. The van der Waals surface area contributed by atoms with Gasteiger partial charge in [-0.1, -0.05) is 12.8 Å². The number of aliphatic hydroxyl groups excluding tert-OH is 1. The third-order valence-corrected chi connectivity index (χ3v) is 6.14. The largest absolute Gasteiger partial charge is 0.391 e. The molecule has 1 aromatic rings. The van der Waals surface area contributed by atoms with Crippen LogP contribution in [0.4, 0.5) is 0 Å². The van der Waals surface area contributed by atoms with E-state index in [1.54, 1.807) is 11.3 Å². The Morgan fingerprint density at radius 2 is 2.21 bits per heavy atom. The fourth-order valence-corrected chi connectivity index (χ4v) is 5.05. The van der Waals surface area contributed by atoms with Crippen LogP contribution in [0.2, 0.25) is 0 Å². The van der Waals surface area contributed by atoms with Gasteiger partial charge in [0.25, 0.3) is 5.91 Å². The number of nitrogens with one attached hydrogen (secondary N) is 1. The molecule has 104 valence electrons. The second-order valence-electron chi connectivity index (χ2n) is 5.29. The lowest BCUT2D eigenvalue weighted by Crippen LogP contribution is -2.44. The molecule has 0 spiro atoms. The molecule has 2 atom stereocenters. The molecule has 1 fully saturated rings. The molecule has 0 radical (unpaired) electrons. The Kier molecular flexibility index (Phi) is 4.15. The number of aliphatic hydroxyl groups is 1. The van der Waals surface area contributed by atoms with Crippen molar-refractivity contribution in [1.29, 1.82) is 0 Å². The minimum atomic E-state index is -0.372. The van der Waals surface area contributed by atoms with Gasteiger partial charge in [0, 0.05) is 10.6 Å². The number of thiophene rings is 1. The van der Waals surface area contributed by atoms with Crippen LogP contribution in [0.1, 0.15) is 45.8 Å². The van der Waals surface area contributed by atoms with Gasteiger partial charge in [-0.2, -0.15) is 11.8 Å². The summed E-state index contributed by atoms with van der Waals surface area (Å²) in [7, 11) is 0. The molecule has 1 saturated carbocycles. The van der Waals surface area contributed by atoms with Gasteiger partial charge in [-0.15, -0.1) is 11.3 Å². The molecule has 1 aliphatic carbocycles. The van der Waals surface area contributed by atoms with Crippen molar-refractivity contribution in [2.24, 2.45) is 0 Å². The summed E-state index contributed by atoms with van der Waals surface area (Å²) in [5.41, 5.74) is 1.33. The maximum absolute atomic E-state index is 12.3. The number of carbonyl (C=O) groups excluding carboxylic acids is 1. The van der Waals surface area contributed by atoms with Crippen molar-refractivity contribution in [2.75, 3.05) is 5.75 Å². The number of amides is 1. The standard InChI is InChI=1S/C14H19NO2S2/c16-11-4-2-1-3-10(11)15-14(17)13-7-9-8-18-6-5-12(9)19-13/h7,10-11,16H,1-6,8H2,(H,15,17). The number of aryl methyl sites for hydroxylation is 1. The first-order valence-electron chi connectivity index (χ1n) is 6.92. The van der Waals surface area contributed by atoms with Crippen LogP contribution in [0.3, 0.4) is 0 Å². The van der Waals surface area contributed by atoms with E-state index in [9.17, 15) is 9.90 Å². The van der Waals surface area contributed by atoms with Gasteiger partial charge in [-0.25, -0.2) is 0 Å². The van der Waals surface area contributed by atoms with Crippen molar-refractivity contribution in [3.8, 4) is 0 Å². The molecule has 1 amide bonds. The number of carbonyl (C=O) groups is 1. The lowest BCUT2D eigenvalue weighted by atomic mass is 9.92. The van der Waals surface area contributed by atoms with Crippen molar-refractivity contribution < 1.29 is 9.90 Å². The number of rotatable bonds is 2. The van der Waals surface area contributed by atoms with Gasteiger partial charge in [-0.3, -0.25) is 4.79 Å². The van der Waals surface area contributed by atoms with Crippen molar-refractivity contribution in [3.05, 3.63) is 21.4 Å². The van der Waals surface area contributed by atoms with Gasteiger partial charge in [0.2, 0.25) is 0 Å². The predicted octanol–water partition coefficient (Wildman–Crippen LogP) is 2.57. The molecule has 3 rings (SSSR count). The summed E-state index contributed by atoms with van der Waals surface area (Å²) in [6, 6.07) is 1.98. The summed E-state index contributed by atoms with van der Waals surface area (Å²) in [6.45, 7) is 0. The molecule has 1 aliphatic heterocycles. The van der Waals surface area contributed by atoms with E-state index in [1.807, 2.05) is 17.8 Å². The molecule has 1 aromatic heterocycles. The lowest BCUT2D eigenvalue weighted by molar-refractivity contribution is 0.0720. The Labute approximate surface area is 121 Å². The van der Waals surface area contributed by atoms with Gasteiger partial charge in [0.1, 0.15) is 0 Å². The topological polar surface area (TPSA) is 49.3 Å². The summed E-state index contributed by atoms with van der Waals surface area (Å²) in [6.07, 6.45) is 4.58. The van der Waals surface area contributed by atoms with E-state index in [2.05, 4.69) is 5.32 Å². The van der Waals surface area contributed by atoms with Crippen LogP contribution in [-0.2, 0) is 12.2 Å². The van der Waals surface area contributed by atoms with Crippen molar-refractivity contribution in [3.63, 3.8) is 0 Å². The molecule has 0 aromatic carbocycles. The van der Waals surface area contributed by atoms with Crippen LogP contribution in [0, 0.1) is 0 Å². The van der Waals surface area contributed by atoms with Crippen molar-refractivity contribution >= 4 is 29.0 Å². The summed E-state index contributed by atoms with van der Waals surface area (Å²) >= 11 is 3.56. The molecule has 0 bridgehead atoms. The van der Waals surface area contributed by atoms with E-state index in [1.165, 1.54) is 10.4 Å². The number of hydrogen-bond acceptors (Lipinski definition) is 4. The van der Waals surface area contributed by atoms with Gasteiger partial charge in [0.15, 0.2) is 0 Å². The lowest BCUT2D eigenvalue weighted by Gasteiger charge is -2.28. The highest BCUT2D eigenvalue weighted by molar-refractivity contribution is 7.98. The summed E-state index contributed by atoms with van der Waals surface area (Å²) < 4.78 is 0. The van der Waals surface area contributed by atoms with E-state index >= 15 is 0 Å². The molecule has 2 heterocycles. The predicted molar refractivity (Wildman–Crippen MR) is 79.9 cm³/mol. The van der Waals surface area contributed by atoms with E-state index in [0.29, 0.717) is 0 Å². The SMILES string of the molecule is O=C(NC1CCCCC1O)c1cc2c(s1)CCSC2. The van der Waals surface area contributed by atoms with Crippen molar-refractivity contribution in [2.45, 2.75) is 50.0 Å². The fraction of sp³-hybridized carbons (Fsp3) is 0.643. The molecule has 2 N–H and O–H groups in total. The fourth-order valence-electron chi connectivity index (χ4n) is 2.78. The summed E-state index contributed by atoms with van der Waals surface area (Å²) in [5.74, 6) is 2.19. The van der Waals surface area contributed by atoms with E-state index < -0.39 is 0 Å². The normalized spacial score (nSPS) is 26.8. The van der Waals surface area contributed by atoms with Crippen LogP contribution in [0.25, 0.3) is 0 Å². The minimum Gasteiger partial charge on any atom is -0.391 e. The number of hydrogen-bond donors (Lipinski definition) is 2. The first kappa shape index (κ1) is 13.5. The zero-order valence-electron chi connectivity index (χ0n) is 10.9. The van der Waals surface area contributed by atoms with Gasteiger partial charge in [-0.05, 0) is 36.6 Å². The third kappa shape index (κ3) is 2.98. The zero-order valence-corrected chi connectivity index (χ0v) is 12.5. The second-order valence-corrected chi connectivity index (χ2v) is 7.54. The van der Waals surface area contributed by atoms with Crippen LogP contribution in [0.5, 0.6) is 0 Å². The monoisotopic (exact) mass is 297 g/mol. The minimum absolute atomic E-state index is 0.00431. The average Bonchev–Trinajstić information content (AvgIpc) is 2.85. The molecular weight excluding hydrogens is 278 g/mol. The summed E-state index contributed by atoms with van der Waals surface area (Å²) in [4.78, 5) is 14.4. The van der Waals surface area contributed by atoms with Crippen molar-refractivity contribution in [1.82, 2.24) is 5.32 Å². The molecule has 3 nitrogen and oxygen atoms in total. The highest BCUT2D eigenvalue weighted by Gasteiger charge is 2.26. The first-order chi connectivity index (χ1) is 9.24. The molecule has 0 saturated heterocycles. The first-order valence-corrected chi connectivity index (χ1v) is 8.89. The van der Waals surface area contributed by atoms with Gasteiger partial charge < -0.3 is 10.4 Å². The third-order valence-electron chi connectivity index (χ3n) is 3.90. The Balaban J connectivity index is 1.68. The number of thioether (sulfide) groups is 1. The Bertz CT molecular complexity index is 449. The Hall–Kier alpha value is -0.520. The van der Waals surface area contributed by atoms with Crippen LogP contribution in [-0.4, -0.2) is 28.9 Å². The maximum Gasteiger partial charge on any atom is 0.261 e.